The number of rotatable bonds is 6. The summed E-state index contributed by atoms with van der Waals surface area (Å²) in [4.78, 5) is 8.07. The van der Waals surface area contributed by atoms with Gasteiger partial charge in [0.05, 0.1) is 35.8 Å². The fourth-order valence-electron chi connectivity index (χ4n) is 1.79. The summed E-state index contributed by atoms with van der Waals surface area (Å²) in [7, 11) is 1.63. The summed E-state index contributed by atoms with van der Waals surface area (Å²) < 4.78 is 6.80. The van der Waals surface area contributed by atoms with E-state index in [1.165, 1.54) is 6.33 Å². The van der Waals surface area contributed by atoms with E-state index in [0.717, 1.165) is 11.4 Å². The minimum absolute atomic E-state index is 0.352. The minimum Gasteiger partial charge on any atom is -0.383 e. The first-order chi connectivity index (χ1) is 9.27. The van der Waals surface area contributed by atoms with Crippen LogP contribution in [0.2, 0.25) is 5.02 Å². The number of ether oxygens (including phenoxy) is 1. The standard InChI is InChI=1S/C11H15ClN6O/c1-19-5-4-18-11(8(12)6-16-18)10(17-13)9-2-3-14-7-15-9/h2-3,6-7,10,17H,4-5,13H2,1H3. The van der Waals surface area contributed by atoms with Crippen molar-refractivity contribution in [2.45, 2.75) is 12.6 Å². The van der Waals surface area contributed by atoms with Crippen molar-refractivity contribution in [1.29, 1.82) is 0 Å². The summed E-state index contributed by atoms with van der Waals surface area (Å²) in [5, 5.41) is 4.74. The molecule has 0 saturated heterocycles. The number of methoxy groups -OCH3 is 1. The Hall–Kier alpha value is -1.54. The van der Waals surface area contributed by atoms with Crippen molar-refractivity contribution in [2.24, 2.45) is 5.84 Å². The van der Waals surface area contributed by atoms with Gasteiger partial charge in [-0.3, -0.25) is 10.5 Å². The van der Waals surface area contributed by atoms with Crippen molar-refractivity contribution in [3.63, 3.8) is 0 Å². The average Bonchev–Trinajstić information content (AvgIpc) is 2.80. The van der Waals surface area contributed by atoms with Crippen molar-refractivity contribution < 1.29 is 4.74 Å². The Kier molecular flexibility index (Phi) is 4.80. The Bertz CT molecular complexity index is 517. The summed E-state index contributed by atoms with van der Waals surface area (Å²) in [5.41, 5.74) is 4.17. The van der Waals surface area contributed by atoms with Gasteiger partial charge in [0.15, 0.2) is 0 Å². The molecule has 0 aromatic carbocycles. The Balaban J connectivity index is 2.35. The maximum Gasteiger partial charge on any atom is 0.115 e. The van der Waals surface area contributed by atoms with Gasteiger partial charge in [-0.15, -0.1) is 0 Å². The van der Waals surface area contributed by atoms with E-state index >= 15 is 0 Å². The lowest BCUT2D eigenvalue weighted by Crippen LogP contribution is -2.32. The molecule has 2 aromatic rings. The second-order valence-electron chi connectivity index (χ2n) is 3.83. The lowest BCUT2D eigenvalue weighted by molar-refractivity contribution is 0.182. The van der Waals surface area contributed by atoms with Crippen LogP contribution in [0, 0.1) is 0 Å². The molecule has 1 atom stereocenters. The average molecular weight is 283 g/mol. The third-order valence-corrected chi connectivity index (χ3v) is 2.97. The van der Waals surface area contributed by atoms with Crippen LogP contribution in [-0.4, -0.2) is 33.5 Å². The Labute approximate surface area is 115 Å². The molecular weight excluding hydrogens is 268 g/mol. The van der Waals surface area contributed by atoms with Gasteiger partial charge in [-0.1, -0.05) is 11.6 Å². The van der Waals surface area contributed by atoms with Gasteiger partial charge in [0.1, 0.15) is 12.4 Å². The Morgan fingerprint density at radius 1 is 1.58 bits per heavy atom. The lowest BCUT2D eigenvalue weighted by atomic mass is 10.1. The topological polar surface area (TPSA) is 90.9 Å². The number of nitrogens with zero attached hydrogens (tertiary/aromatic N) is 4. The van der Waals surface area contributed by atoms with E-state index < -0.39 is 0 Å². The summed E-state index contributed by atoms with van der Waals surface area (Å²) in [6.45, 7) is 1.12. The number of halogens is 1. The number of nitrogens with two attached hydrogens (primary N) is 1. The first-order valence-electron chi connectivity index (χ1n) is 5.70. The largest absolute Gasteiger partial charge is 0.383 e. The third kappa shape index (κ3) is 3.07. The lowest BCUT2D eigenvalue weighted by Gasteiger charge is -2.17. The normalized spacial score (nSPS) is 12.6. The monoisotopic (exact) mass is 282 g/mol. The number of hydrogen-bond acceptors (Lipinski definition) is 6. The highest BCUT2D eigenvalue weighted by molar-refractivity contribution is 6.31. The zero-order valence-electron chi connectivity index (χ0n) is 10.5. The van der Waals surface area contributed by atoms with Crippen LogP contribution in [-0.2, 0) is 11.3 Å². The van der Waals surface area contributed by atoms with Gasteiger partial charge in [-0.25, -0.2) is 15.4 Å². The van der Waals surface area contributed by atoms with E-state index in [1.54, 1.807) is 30.3 Å². The van der Waals surface area contributed by atoms with E-state index in [-0.39, 0.29) is 6.04 Å². The maximum atomic E-state index is 6.18. The highest BCUT2D eigenvalue weighted by Crippen LogP contribution is 2.26. The molecule has 0 amide bonds. The number of aromatic nitrogens is 4. The highest BCUT2D eigenvalue weighted by Gasteiger charge is 2.22. The smallest absolute Gasteiger partial charge is 0.115 e. The zero-order chi connectivity index (χ0) is 13.7. The first kappa shape index (κ1) is 13.9. The van der Waals surface area contributed by atoms with Crippen molar-refractivity contribution in [3.05, 3.63) is 41.2 Å². The Morgan fingerprint density at radius 2 is 2.42 bits per heavy atom. The molecule has 7 nitrogen and oxygen atoms in total. The molecule has 0 radical (unpaired) electrons. The zero-order valence-corrected chi connectivity index (χ0v) is 11.2. The summed E-state index contributed by atoms with van der Waals surface area (Å²) in [6, 6.07) is 1.42. The molecular formula is C11H15ClN6O. The maximum absolute atomic E-state index is 6.18. The van der Waals surface area contributed by atoms with Crippen LogP contribution in [0.3, 0.4) is 0 Å². The van der Waals surface area contributed by atoms with Crippen LogP contribution in [0.4, 0.5) is 0 Å². The quantitative estimate of drug-likeness (QED) is 0.593. The van der Waals surface area contributed by atoms with Gasteiger partial charge in [-0.2, -0.15) is 5.10 Å². The molecule has 0 aliphatic carbocycles. The van der Waals surface area contributed by atoms with Crippen molar-refractivity contribution in [1.82, 2.24) is 25.2 Å². The summed E-state index contributed by atoms with van der Waals surface area (Å²) in [6.07, 6.45) is 4.69. The fourth-order valence-corrected chi connectivity index (χ4v) is 2.04. The predicted molar refractivity (Wildman–Crippen MR) is 70.3 cm³/mol. The van der Waals surface area contributed by atoms with Crippen molar-refractivity contribution in [2.75, 3.05) is 13.7 Å². The molecule has 2 rings (SSSR count). The van der Waals surface area contributed by atoms with Crippen LogP contribution in [0.15, 0.2) is 24.8 Å². The molecule has 0 bridgehead atoms. The number of nitrogens with one attached hydrogen (secondary N) is 1. The van der Waals surface area contributed by atoms with E-state index in [0.29, 0.717) is 18.2 Å². The van der Waals surface area contributed by atoms with Gasteiger partial charge >= 0.3 is 0 Å². The van der Waals surface area contributed by atoms with Crippen LogP contribution < -0.4 is 11.3 Å². The van der Waals surface area contributed by atoms with Gasteiger partial charge < -0.3 is 4.74 Å². The van der Waals surface area contributed by atoms with Gasteiger partial charge in [0.25, 0.3) is 0 Å². The molecule has 1 unspecified atom stereocenters. The van der Waals surface area contributed by atoms with Crippen LogP contribution in [0.1, 0.15) is 17.4 Å². The highest BCUT2D eigenvalue weighted by atomic mass is 35.5. The van der Waals surface area contributed by atoms with E-state index in [2.05, 4.69) is 20.5 Å². The van der Waals surface area contributed by atoms with Crippen LogP contribution >= 0.6 is 11.6 Å². The fraction of sp³-hybridized carbons (Fsp3) is 0.364. The third-order valence-electron chi connectivity index (χ3n) is 2.68. The van der Waals surface area contributed by atoms with Crippen LogP contribution in [0.5, 0.6) is 0 Å². The molecule has 2 heterocycles. The molecule has 3 N–H and O–H groups in total. The summed E-state index contributed by atoms with van der Waals surface area (Å²) in [5.74, 6) is 5.62. The van der Waals surface area contributed by atoms with Crippen molar-refractivity contribution >= 4 is 11.6 Å². The van der Waals surface area contributed by atoms with E-state index in [9.17, 15) is 0 Å². The second kappa shape index (κ2) is 6.58. The van der Waals surface area contributed by atoms with E-state index in [4.69, 9.17) is 22.2 Å². The Morgan fingerprint density at radius 3 is 3.05 bits per heavy atom. The second-order valence-corrected chi connectivity index (χ2v) is 4.23. The molecule has 0 aliphatic heterocycles. The minimum atomic E-state index is -0.352. The SMILES string of the molecule is COCCn1ncc(Cl)c1C(NN)c1ccncn1. The van der Waals surface area contributed by atoms with Gasteiger partial charge in [0, 0.05) is 13.3 Å². The molecule has 102 valence electrons. The predicted octanol–water partition coefficient (Wildman–Crippen LogP) is 0.526. The number of hydrogen-bond donors (Lipinski definition) is 2. The molecule has 19 heavy (non-hydrogen) atoms. The van der Waals surface area contributed by atoms with Gasteiger partial charge in [0.2, 0.25) is 0 Å². The first-order valence-corrected chi connectivity index (χ1v) is 6.08. The molecule has 0 fully saturated rings. The molecule has 0 saturated carbocycles. The summed E-state index contributed by atoms with van der Waals surface area (Å²) >= 11 is 6.18. The molecule has 2 aromatic heterocycles. The molecule has 0 spiro atoms. The van der Waals surface area contributed by atoms with Crippen molar-refractivity contribution in [3.8, 4) is 0 Å². The van der Waals surface area contributed by atoms with Gasteiger partial charge in [-0.05, 0) is 6.07 Å². The number of hydrazine groups is 1. The molecule has 8 heteroatoms. The van der Waals surface area contributed by atoms with Crippen LogP contribution in [0.25, 0.3) is 0 Å². The molecule has 0 aliphatic rings. The van der Waals surface area contributed by atoms with E-state index in [1.807, 2.05) is 0 Å².